The van der Waals surface area contributed by atoms with Crippen LogP contribution in [0.4, 0.5) is 13.2 Å². The lowest BCUT2D eigenvalue weighted by molar-refractivity contribution is -0.173. The number of carbonyl (C=O) groups is 2. The molecule has 1 aromatic rings. The van der Waals surface area contributed by atoms with Crippen LogP contribution in [0.1, 0.15) is 12.0 Å². The van der Waals surface area contributed by atoms with E-state index in [0.29, 0.717) is 6.42 Å². The fourth-order valence-corrected chi connectivity index (χ4v) is 1.74. The summed E-state index contributed by atoms with van der Waals surface area (Å²) in [7, 11) is 0. The van der Waals surface area contributed by atoms with E-state index in [1.54, 1.807) is 5.32 Å². The Morgan fingerprint density at radius 3 is 2.19 bits per heavy atom. The van der Waals surface area contributed by atoms with Crippen LogP contribution in [-0.4, -0.2) is 31.1 Å². The summed E-state index contributed by atoms with van der Waals surface area (Å²) in [5, 5.41) is 4.11. The molecule has 21 heavy (non-hydrogen) atoms. The molecule has 0 aliphatic rings. The Hall–Kier alpha value is -1.57. The van der Waals surface area contributed by atoms with E-state index in [1.165, 1.54) is 0 Å². The third kappa shape index (κ3) is 7.12. The number of hydrogen-bond donors (Lipinski definition) is 2. The predicted octanol–water partition coefficient (Wildman–Crippen LogP) is 2.18. The Bertz CT molecular complexity index is 489. The molecule has 2 amide bonds. The standard InChI is InChI=1S/C13H14BrF3N2O2/c14-10-4-1-9(2-5-10)3-6-11(20)18-7-8-19-12(21)13(15,16)17/h1-2,4-5H,3,6-8H2,(H,18,20)(H,19,21). The van der Waals surface area contributed by atoms with Gasteiger partial charge in [0, 0.05) is 24.0 Å². The van der Waals surface area contributed by atoms with E-state index in [2.05, 4.69) is 21.2 Å². The number of aryl methyl sites for hydroxylation is 1. The van der Waals surface area contributed by atoms with Gasteiger partial charge in [-0.05, 0) is 24.1 Å². The molecule has 0 unspecified atom stereocenters. The minimum absolute atomic E-state index is 0.0407. The van der Waals surface area contributed by atoms with Crippen LogP contribution in [0.25, 0.3) is 0 Å². The van der Waals surface area contributed by atoms with E-state index in [9.17, 15) is 22.8 Å². The molecule has 116 valence electrons. The molecule has 0 fully saturated rings. The summed E-state index contributed by atoms with van der Waals surface area (Å²) in [5.41, 5.74) is 0.985. The van der Waals surface area contributed by atoms with E-state index in [4.69, 9.17) is 0 Å². The largest absolute Gasteiger partial charge is 0.471 e. The number of nitrogens with one attached hydrogen (secondary N) is 2. The fraction of sp³-hybridized carbons (Fsp3) is 0.385. The smallest absolute Gasteiger partial charge is 0.354 e. The lowest BCUT2D eigenvalue weighted by Crippen LogP contribution is -2.41. The van der Waals surface area contributed by atoms with Crippen LogP contribution in [0, 0.1) is 0 Å². The molecule has 0 radical (unpaired) electrons. The first kappa shape index (κ1) is 17.5. The average Bonchev–Trinajstić information content (AvgIpc) is 2.41. The van der Waals surface area contributed by atoms with Crippen molar-refractivity contribution in [2.24, 2.45) is 0 Å². The second kappa shape index (κ2) is 8.02. The molecule has 0 aliphatic heterocycles. The number of hydrogen-bond acceptors (Lipinski definition) is 2. The molecule has 0 bridgehead atoms. The molecule has 0 aliphatic carbocycles. The second-order valence-electron chi connectivity index (χ2n) is 4.23. The van der Waals surface area contributed by atoms with Gasteiger partial charge in [0.05, 0.1) is 0 Å². The van der Waals surface area contributed by atoms with E-state index in [1.807, 2.05) is 24.3 Å². The van der Waals surface area contributed by atoms with Crippen molar-refractivity contribution >= 4 is 27.7 Å². The van der Waals surface area contributed by atoms with Gasteiger partial charge in [0.25, 0.3) is 0 Å². The summed E-state index contributed by atoms with van der Waals surface area (Å²) in [6.45, 7) is -0.302. The van der Waals surface area contributed by atoms with Crippen LogP contribution in [0.5, 0.6) is 0 Å². The van der Waals surface area contributed by atoms with Gasteiger partial charge in [-0.1, -0.05) is 28.1 Å². The van der Waals surface area contributed by atoms with Crippen molar-refractivity contribution in [1.82, 2.24) is 10.6 Å². The van der Waals surface area contributed by atoms with Crippen LogP contribution < -0.4 is 10.6 Å². The first-order chi connectivity index (χ1) is 9.79. The summed E-state index contributed by atoms with van der Waals surface area (Å²) in [6, 6.07) is 7.47. The molecule has 1 rings (SSSR count). The van der Waals surface area contributed by atoms with Gasteiger partial charge in [0.1, 0.15) is 0 Å². The number of rotatable bonds is 6. The van der Waals surface area contributed by atoms with Gasteiger partial charge in [-0.25, -0.2) is 0 Å². The van der Waals surface area contributed by atoms with Gasteiger partial charge >= 0.3 is 12.1 Å². The fourth-order valence-electron chi connectivity index (χ4n) is 1.48. The second-order valence-corrected chi connectivity index (χ2v) is 5.15. The molecule has 0 saturated heterocycles. The van der Waals surface area contributed by atoms with Gasteiger partial charge < -0.3 is 10.6 Å². The minimum atomic E-state index is -4.90. The molecular formula is C13H14BrF3N2O2. The van der Waals surface area contributed by atoms with E-state index in [0.717, 1.165) is 10.0 Å². The van der Waals surface area contributed by atoms with Crippen LogP contribution >= 0.6 is 15.9 Å². The van der Waals surface area contributed by atoms with E-state index in [-0.39, 0.29) is 25.4 Å². The summed E-state index contributed by atoms with van der Waals surface area (Å²) in [4.78, 5) is 22.0. The highest BCUT2D eigenvalue weighted by atomic mass is 79.9. The first-order valence-corrected chi connectivity index (χ1v) is 6.94. The number of alkyl halides is 3. The minimum Gasteiger partial charge on any atom is -0.354 e. The maximum Gasteiger partial charge on any atom is 0.471 e. The third-order valence-corrected chi connectivity index (χ3v) is 3.07. The summed E-state index contributed by atoms with van der Waals surface area (Å²) >= 11 is 3.30. The van der Waals surface area contributed by atoms with Crippen molar-refractivity contribution in [2.75, 3.05) is 13.1 Å². The summed E-state index contributed by atoms with van der Waals surface area (Å²) < 4.78 is 36.5. The van der Waals surface area contributed by atoms with Gasteiger partial charge in [-0.3, -0.25) is 9.59 Å². The average molecular weight is 367 g/mol. The first-order valence-electron chi connectivity index (χ1n) is 6.15. The van der Waals surface area contributed by atoms with E-state index >= 15 is 0 Å². The Balaban J connectivity index is 2.17. The van der Waals surface area contributed by atoms with E-state index < -0.39 is 12.1 Å². The normalized spacial score (nSPS) is 11.0. The molecular weight excluding hydrogens is 353 g/mol. The zero-order valence-electron chi connectivity index (χ0n) is 11.0. The third-order valence-electron chi connectivity index (χ3n) is 2.54. The molecule has 8 heteroatoms. The molecule has 0 saturated carbocycles. The molecule has 0 spiro atoms. The number of carbonyl (C=O) groups excluding carboxylic acids is 2. The Kier molecular flexibility index (Phi) is 6.67. The molecule has 0 heterocycles. The zero-order chi connectivity index (χ0) is 15.9. The van der Waals surface area contributed by atoms with Crippen molar-refractivity contribution in [3.8, 4) is 0 Å². The van der Waals surface area contributed by atoms with Crippen LogP contribution in [0.2, 0.25) is 0 Å². The van der Waals surface area contributed by atoms with Gasteiger partial charge in [-0.2, -0.15) is 13.2 Å². The van der Waals surface area contributed by atoms with Gasteiger partial charge in [0.15, 0.2) is 0 Å². The quantitative estimate of drug-likeness (QED) is 0.758. The number of benzene rings is 1. The highest BCUT2D eigenvalue weighted by Gasteiger charge is 2.38. The summed E-state index contributed by atoms with van der Waals surface area (Å²) in [5.74, 6) is -2.29. The number of halogens is 4. The van der Waals surface area contributed by atoms with Crippen molar-refractivity contribution in [2.45, 2.75) is 19.0 Å². The lowest BCUT2D eigenvalue weighted by atomic mass is 10.1. The molecule has 1 aromatic carbocycles. The molecule has 2 N–H and O–H groups in total. The SMILES string of the molecule is O=C(CCc1ccc(Br)cc1)NCCNC(=O)C(F)(F)F. The van der Waals surface area contributed by atoms with Crippen LogP contribution in [-0.2, 0) is 16.0 Å². The van der Waals surface area contributed by atoms with Crippen molar-refractivity contribution in [3.63, 3.8) is 0 Å². The van der Waals surface area contributed by atoms with Crippen molar-refractivity contribution in [3.05, 3.63) is 34.3 Å². The Labute approximate surface area is 128 Å². The Morgan fingerprint density at radius 2 is 1.62 bits per heavy atom. The van der Waals surface area contributed by atoms with Crippen LogP contribution in [0.15, 0.2) is 28.7 Å². The lowest BCUT2D eigenvalue weighted by Gasteiger charge is -2.09. The topological polar surface area (TPSA) is 58.2 Å². The van der Waals surface area contributed by atoms with Crippen molar-refractivity contribution < 1.29 is 22.8 Å². The highest BCUT2D eigenvalue weighted by molar-refractivity contribution is 9.10. The summed E-state index contributed by atoms with van der Waals surface area (Å²) in [6.07, 6.45) is -4.13. The molecule has 4 nitrogen and oxygen atoms in total. The maximum absolute atomic E-state index is 11.9. The van der Waals surface area contributed by atoms with Crippen LogP contribution in [0.3, 0.4) is 0 Å². The monoisotopic (exact) mass is 366 g/mol. The highest BCUT2D eigenvalue weighted by Crippen LogP contribution is 2.13. The maximum atomic E-state index is 11.9. The van der Waals surface area contributed by atoms with Gasteiger partial charge in [-0.15, -0.1) is 0 Å². The molecule has 0 aromatic heterocycles. The predicted molar refractivity (Wildman–Crippen MR) is 74.5 cm³/mol. The Morgan fingerprint density at radius 1 is 1.05 bits per heavy atom. The van der Waals surface area contributed by atoms with Gasteiger partial charge in [0.2, 0.25) is 5.91 Å². The number of amides is 2. The zero-order valence-corrected chi connectivity index (χ0v) is 12.6. The molecule has 0 atom stereocenters. The van der Waals surface area contributed by atoms with Crippen molar-refractivity contribution in [1.29, 1.82) is 0 Å².